The summed E-state index contributed by atoms with van der Waals surface area (Å²) in [6.07, 6.45) is 1.91. The Hall–Kier alpha value is -0.600. The van der Waals surface area contributed by atoms with Crippen molar-refractivity contribution in [1.82, 2.24) is 0 Å². The molecule has 0 spiro atoms. The smallest absolute Gasteiger partial charge is 0.142 e. The van der Waals surface area contributed by atoms with Crippen LogP contribution in [-0.2, 0) is 6.42 Å². The molecule has 1 aromatic rings. The lowest BCUT2D eigenvalue weighted by Gasteiger charge is -2.32. The molecule has 0 aliphatic rings. The van der Waals surface area contributed by atoms with Crippen LogP contribution < -0.4 is 0 Å². The summed E-state index contributed by atoms with van der Waals surface area (Å²) < 4.78 is 13.5. The van der Waals surface area contributed by atoms with Crippen molar-refractivity contribution in [2.45, 2.75) is 52.6 Å². The van der Waals surface area contributed by atoms with Gasteiger partial charge < -0.3 is 5.11 Å². The summed E-state index contributed by atoms with van der Waals surface area (Å²) in [5, 5.41) is 10.9. The third kappa shape index (κ3) is 5.50. The topological polar surface area (TPSA) is 20.2 Å². The first kappa shape index (κ1) is 16.5. The van der Waals surface area contributed by atoms with Gasteiger partial charge in [-0.1, -0.05) is 45.4 Å². The van der Waals surface area contributed by atoms with E-state index in [-0.39, 0.29) is 5.02 Å². The number of benzene rings is 1. The van der Waals surface area contributed by atoms with Gasteiger partial charge in [0, 0.05) is 6.42 Å². The van der Waals surface area contributed by atoms with Gasteiger partial charge in [-0.05, 0) is 42.4 Å². The fraction of sp³-hybridized carbons (Fsp3) is 0.625. The third-order valence-corrected chi connectivity index (χ3v) is 3.40. The van der Waals surface area contributed by atoms with Gasteiger partial charge in [0.05, 0.1) is 10.6 Å². The van der Waals surface area contributed by atoms with E-state index in [9.17, 15) is 9.50 Å². The molecule has 0 aliphatic carbocycles. The highest BCUT2D eigenvalue weighted by Gasteiger charge is 2.29. The Balaban J connectivity index is 2.89. The highest BCUT2D eigenvalue weighted by Crippen LogP contribution is 2.29. The van der Waals surface area contributed by atoms with Crippen LogP contribution in [0.1, 0.15) is 46.1 Å². The van der Waals surface area contributed by atoms with Crippen molar-refractivity contribution < 1.29 is 9.50 Å². The molecule has 1 rings (SSSR count). The monoisotopic (exact) mass is 286 g/mol. The van der Waals surface area contributed by atoms with Crippen LogP contribution in [0.2, 0.25) is 5.02 Å². The van der Waals surface area contributed by atoms with Crippen LogP contribution in [0.25, 0.3) is 0 Å². The molecule has 0 saturated carbocycles. The molecule has 1 N–H and O–H groups in total. The zero-order chi connectivity index (χ0) is 14.6. The molecular formula is C16H24ClFO. The molecule has 0 heterocycles. The molecule has 0 bridgehead atoms. The fourth-order valence-electron chi connectivity index (χ4n) is 2.78. The van der Waals surface area contributed by atoms with Gasteiger partial charge in [-0.25, -0.2) is 4.39 Å². The lowest BCUT2D eigenvalue weighted by atomic mass is 9.80. The summed E-state index contributed by atoms with van der Waals surface area (Å²) in [5.41, 5.74) is 0.0217. The van der Waals surface area contributed by atoms with Crippen LogP contribution in [0.15, 0.2) is 18.2 Å². The Morgan fingerprint density at radius 3 is 2.11 bits per heavy atom. The van der Waals surface area contributed by atoms with Gasteiger partial charge in [-0.15, -0.1) is 0 Å². The fourth-order valence-corrected chi connectivity index (χ4v) is 2.89. The van der Waals surface area contributed by atoms with E-state index in [1.165, 1.54) is 6.07 Å². The van der Waals surface area contributed by atoms with Crippen molar-refractivity contribution in [1.29, 1.82) is 0 Å². The molecule has 0 aromatic heterocycles. The van der Waals surface area contributed by atoms with E-state index in [0.717, 1.165) is 18.4 Å². The summed E-state index contributed by atoms with van der Waals surface area (Å²) in [5.74, 6) is 0.386. The second kappa shape index (κ2) is 6.71. The van der Waals surface area contributed by atoms with E-state index >= 15 is 0 Å². The molecule has 0 fully saturated rings. The van der Waals surface area contributed by atoms with Crippen LogP contribution >= 0.6 is 11.6 Å². The van der Waals surface area contributed by atoms with Crippen LogP contribution in [0.5, 0.6) is 0 Å². The van der Waals surface area contributed by atoms with Gasteiger partial charge in [0.2, 0.25) is 0 Å². The van der Waals surface area contributed by atoms with E-state index < -0.39 is 11.4 Å². The van der Waals surface area contributed by atoms with Crippen molar-refractivity contribution >= 4 is 11.6 Å². The number of rotatable bonds is 6. The van der Waals surface area contributed by atoms with E-state index in [1.807, 2.05) is 0 Å². The predicted octanol–water partition coefficient (Wildman–Crippen LogP) is 4.84. The number of halogens is 2. The first-order valence-electron chi connectivity index (χ1n) is 6.88. The minimum absolute atomic E-state index is 0.125. The molecule has 0 unspecified atom stereocenters. The normalized spacial score (nSPS) is 12.5. The highest BCUT2D eigenvalue weighted by molar-refractivity contribution is 6.30. The SMILES string of the molecule is CC(C)CC(O)(Cc1ccc(Cl)c(F)c1)CC(C)C. The van der Waals surface area contributed by atoms with E-state index in [2.05, 4.69) is 27.7 Å². The zero-order valence-corrected chi connectivity index (χ0v) is 13.0. The van der Waals surface area contributed by atoms with Gasteiger partial charge in [-0.2, -0.15) is 0 Å². The summed E-state index contributed by atoms with van der Waals surface area (Å²) in [6, 6.07) is 4.77. The van der Waals surface area contributed by atoms with Gasteiger partial charge in [0.15, 0.2) is 0 Å². The van der Waals surface area contributed by atoms with E-state index in [4.69, 9.17) is 11.6 Å². The Morgan fingerprint density at radius 2 is 1.68 bits per heavy atom. The number of aliphatic hydroxyl groups is 1. The summed E-state index contributed by atoms with van der Waals surface area (Å²) in [7, 11) is 0. The van der Waals surface area contributed by atoms with Gasteiger partial charge in [-0.3, -0.25) is 0 Å². The second-order valence-corrected chi connectivity index (χ2v) is 6.75. The molecule has 0 aliphatic heterocycles. The Kier molecular flexibility index (Phi) is 5.82. The van der Waals surface area contributed by atoms with Gasteiger partial charge >= 0.3 is 0 Å². The van der Waals surface area contributed by atoms with Crippen molar-refractivity contribution in [2.75, 3.05) is 0 Å². The van der Waals surface area contributed by atoms with Gasteiger partial charge in [0.25, 0.3) is 0 Å². The lowest BCUT2D eigenvalue weighted by molar-refractivity contribution is 0.000706. The summed E-state index contributed by atoms with van der Waals surface area (Å²) in [6.45, 7) is 8.36. The summed E-state index contributed by atoms with van der Waals surface area (Å²) >= 11 is 5.68. The molecular weight excluding hydrogens is 263 g/mol. The molecule has 3 heteroatoms. The molecule has 1 aromatic carbocycles. The second-order valence-electron chi connectivity index (χ2n) is 6.35. The van der Waals surface area contributed by atoms with Crippen molar-refractivity contribution in [3.63, 3.8) is 0 Å². The molecule has 19 heavy (non-hydrogen) atoms. The minimum atomic E-state index is -0.775. The minimum Gasteiger partial charge on any atom is -0.390 e. The molecule has 0 atom stereocenters. The molecule has 108 valence electrons. The first-order valence-corrected chi connectivity index (χ1v) is 7.26. The lowest BCUT2D eigenvalue weighted by Crippen LogP contribution is -2.35. The van der Waals surface area contributed by atoms with Crippen molar-refractivity contribution in [3.8, 4) is 0 Å². The quantitative estimate of drug-likeness (QED) is 0.793. The zero-order valence-electron chi connectivity index (χ0n) is 12.2. The Morgan fingerprint density at radius 1 is 1.16 bits per heavy atom. The summed E-state index contributed by atoms with van der Waals surface area (Å²) in [4.78, 5) is 0. The molecule has 0 saturated heterocycles. The van der Waals surface area contributed by atoms with Crippen LogP contribution in [0.3, 0.4) is 0 Å². The van der Waals surface area contributed by atoms with Crippen molar-refractivity contribution in [3.05, 3.63) is 34.6 Å². The maximum Gasteiger partial charge on any atom is 0.142 e. The van der Waals surface area contributed by atoms with Crippen LogP contribution in [-0.4, -0.2) is 10.7 Å². The van der Waals surface area contributed by atoms with Gasteiger partial charge in [0.1, 0.15) is 5.82 Å². The first-order chi connectivity index (χ1) is 8.72. The maximum absolute atomic E-state index is 13.5. The Labute approximate surface area is 120 Å². The van der Waals surface area contributed by atoms with E-state index in [1.54, 1.807) is 12.1 Å². The average molecular weight is 287 g/mol. The van der Waals surface area contributed by atoms with Crippen LogP contribution in [0.4, 0.5) is 4.39 Å². The van der Waals surface area contributed by atoms with E-state index in [0.29, 0.717) is 18.3 Å². The standard InChI is InChI=1S/C16H24ClFO/c1-11(2)8-16(19,9-12(3)4)10-13-5-6-14(17)15(18)7-13/h5-7,11-12,19H,8-10H2,1-4H3. The highest BCUT2D eigenvalue weighted by atomic mass is 35.5. The molecule has 1 nitrogen and oxygen atoms in total. The maximum atomic E-state index is 13.5. The third-order valence-electron chi connectivity index (χ3n) is 3.09. The number of hydrogen-bond donors (Lipinski definition) is 1. The number of hydrogen-bond acceptors (Lipinski definition) is 1. The Bertz CT molecular complexity index is 405. The molecule has 0 radical (unpaired) electrons. The largest absolute Gasteiger partial charge is 0.390 e. The van der Waals surface area contributed by atoms with Crippen LogP contribution in [0, 0.1) is 17.7 Å². The molecule has 0 amide bonds. The predicted molar refractivity (Wildman–Crippen MR) is 79.0 cm³/mol. The van der Waals surface area contributed by atoms with Crippen molar-refractivity contribution in [2.24, 2.45) is 11.8 Å². The average Bonchev–Trinajstić information content (AvgIpc) is 2.20.